The molecule has 2 rings (SSSR count). The van der Waals surface area contributed by atoms with Crippen LogP contribution in [-0.2, 0) is 12.8 Å². The molecule has 2 heterocycles. The molecule has 1 N–H and O–H groups in total. The maximum absolute atomic E-state index is 4.63. The van der Waals surface area contributed by atoms with Crippen molar-refractivity contribution >= 4 is 5.95 Å². The molecule has 0 radical (unpaired) electrons. The van der Waals surface area contributed by atoms with Crippen LogP contribution in [0.3, 0.4) is 0 Å². The van der Waals surface area contributed by atoms with Gasteiger partial charge in [-0.15, -0.1) is 5.10 Å². The van der Waals surface area contributed by atoms with Crippen molar-refractivity contribution in [1.82, 2.24) is 20.2 Å². The Morgan fingerprint density at radius 1 is 1.09 bits per heavy atom. The molecule has 0 aliphatic rings. The van der Waals surface area contributed by atoms with Crippen LogP contribution in [0.25, 0.3) is 0 Å². The second-order valence-corrected chi connectivity index (χ2v) is 5.81. The average molecular weight is 299 g/mol. The van der Waals surface area contributed by atoms with Crippen molar-refractivity contribution in [2.45, 2.75) is 53.5 Å². The highest BCUT2D eigenvalue weighted by Crippen LogP contribution is 2.25. The summed E-state index contributed by atoms with van der Waals surface area (Å²) in [5, 5.41) is 12.0. The first-order valence-electron chi connectivity index (χ1n) is 7.97. The predicted octanol–water partition coefficient (Wildman–Crippen LogP) is 3.51. The molecule has 0 saturated heterocycles. The molecule has 0 bridgehead atoms. The number of hydrogen-bond acceptors (Lipinski definition) is 5. The monoisotopic (exact) mass is 299 g/mol. The second-order valence-electron chi connectivity index (χ2n) is 5.81. The van der Waals surface area contributed by atoms with Gasteiger partial charge in [0, 0.05) is 6.20 Å². The standard InChI is InChI=1S/C17H25N5/c1-6-13-14(7-2)21-22-17(19-13)20-15(11(3)4)16-12(5)9-8-10-18-16/h8-11,15H,6-7H2,1-5H3,(H,19,20,22). The second kappa shape index (κ2) is 7.29. The average Bonchev–Trinajstić information content (AvgIpc) is 2.53. The molecule has 0 aromatic carbocycles. The van der Waals surface area contributed by atoms with Crippen molar-refractivity contribution in [1.29, 1.82) is 0 Å². The summed E-state index contributed by atoms with van der Waals surface area (Å²) in [6, 6.07) is 4.11. The molecular formula is C17H25N5. The number of rotatable bonds is 6. The van der Waals surface area contributed by atoms with Crippen LogP contribution in [0.4, 0.5) is 5.95 Å². The highest BCUT2D eigenvalue weighted by Gasteiger charge is 2.20. The molecule has 2 aromatic rings. The van der Waals surface area contributed by atoms with E-state index in [1.165, 1.54) is 5.56 Å². The molecule has 5 heteroatoms. The van der Waals surface area contributed by atoms with E-state index in [1.807, 2.05) is 12.3 Å². The zero-order chi connectivity index (χ0) is 16.1. The third-order valence-electron chi connectivity index (χ3n) is 3.80. The smallest absolute Gasteiger partial charge is 0.243 e. The van der Waals surface area contributed by atoms with E-state index in [0.29, 0.717) is 11.9 Å². The summed E-state index contributed by atoms with van der Waals surface area (Å²) in [7, 11) is 0. The van der Waals surface area contributed by atoms with Crippen LogP contribution in [0, 0.1) is 12.8 Å². The van der Waals surface area contributed by atoms with E-state index in [1.54, 1.807) is 0 Å². The molecule has 118 valence electrons. The molecule has 2 aromatic heterocycles. The number of anilines is 1. The molecule has 1 atom stereocenters. The summed E-state index contributed by atoms with van der Waals surface area (Å²) in [6.45, 7) is 10.6. The van der Waals surface area contributed by atoms with Crippen LogP contribution in [-0.4, -0.2) is 20.2 Å². The summed E-state index contributed by atoms with van der Waals surface area (Å²) in [5.74, 6) is 0.950. The van der Waals surface area contributed by atoms with Gasteiger partial charge in [0.1, 0.15) is 0 Å². The normalized spacial score (nSPS) is 12.5. The Hall–Kier alpha value is -2.04. The first kappa shape index (κ1) is 16.3. The summed E-state index contributed by atoms with van der Waals surface area (Å²) < 4.78 is 0. The largest absolute Gasteiger partial charge is 0.344 e. The molecule has 0 fully saturated rings. The van der Waals surface area contributed by atoms with Crippen LogP contribution in [0.5, 0.6) is 0 Å². The van der Waals surface area contributed by atoms with Gasteiger partial charge in [-0.2, -0.15) is 5.10 Å². The Labute approximate surface area is 132 Å². The fourth-order valence-electron chi connectivity index (χ4n) is 2.51. The first-order chi connectivity index (χ1) is 10.6. The zero-order valence-electron chi connectivity index (χ0n) is 14.1. The number of nitrogens with one attached hydrogen (secondary N) is 1. The summed E-state index contributed by atoms with van der Waals surface area (Å²) >= 11 is 0. The lowest BCUT2D eigenvalue weighted by Crippen LogP contribution is -2.21. The van der Waals surface area contributed by atoms with E-state index < -0.39 is 0 Å². The Bertz CT molecular complexity index is 624. The quantitative estimate of drug-likeness (QED) is 0.884. The van der Waals surface area contributed by atoms with Crippen molar-refractivity contribution in [3.8, 4) is 0 Å². The third-order valence-corrected chi connectivity index (χ3v) is 3.80. The van der Waals surface area contributed by atoms with Crippen LogP contribution >= 0.6 is 0 Å². The van der Waals surface area contributed by atoms with E-state index >= 15 is 0 Å². The van der Waals surface area contributed by atoms with Gasteiger partial charge < -0.3 is 5.32 Å². The molecule has 0 saturated carbocycles. The van der Waals surface area contributed by atoms with Crippen molar-refractivity contribution in [3.63, 3.8) is 0 Å². The van der Waals surface area contributed by atoms with Gasteiger partial charge in [0.05, 0.1) is 23.1 Å². The Kier molecular flexibility index (Phi) is 5.41. The van der Waals surface area contributed by atoms with E-state index in [-0.39, 0.29) is 6.04 Å². The van der Waals surface area contributed by atoms with Crippen molar-refractivity contribution < 1.29 is 0 Å². The predicted molar refractivity (Wildman–Crippen MR) is 88.8 cm³/mol. The van der Waals surface area contributed by atoms with E-state index in [2.05, 4.69) is 66.2 Å². The van der Waals surface area contributed by atoms with E-state index in [4.69, 9.17) is 0 Å². The lowest BCUT2D eigenvalue weighted by atomic mass is 9.97. The van der Waals surface area contributed by atoms with E-state index in [0.717, 1.165) is 29.9 Å². The minimum atomic E-state index is 0.0696. The fraction of sp³-hybridized carbons (Fsp3) is 0.529. The molecule has 0 aliphatic carbocycles. The van der Waals surface area contributed by atoms with Gasteiger partial charge in [-0.1, -0.05) is 33.8 Å². The number of aromatic nitrogens is 4. The molecule has 0 aliphatic heterocycles. The maximum atomic E-state index is 4.63. The van der Waals surface area contributed by atoms with Gasteiger partial charge in [-0.3, -0.25) is 4.98 Å². The van der Waals surface area contributed by atoms with Gasteiger partial charge >= 0.3 is 0 Å². The first-order valence-corrected chi connectivity index (χ1v) is 7.97. The van der Waals surface area contributed by atoms with Crippen LogP contribution in [0.2, 0.25) is 0 Å². The fourth-order valence-corrected chi connectivity index (χ4v) is 2.51. The summed E-state index contributed by atoms with van der Waals surface area (Å²) in [6.07, 6.45) is 3.55. The Morgan fingerprint density at radius 3 is 2.41 bits per heavy atom. The van der Waals surface area contributed by atoms with Crippen molar-refractivity contribution in [2.75, 3.05) is 5.32 Å². The third kappa shape index (κ3) is 3.59. The van der Waals surface area contributed by atoms with Gasteiger partial charge in [0.15, 0.2) is 0 Å². The SMILES string of the molecule is CCc1nnc(NC(c2ncccc2C)C(C)C)nc1CC. The van der Waals surface area contributed by atoms with Crippen LogP contribution in [0.1, 0.15) is 56.4 Å². The maximum Gasteiger partial charge on any atom is 0.243 e. The van der Waals surface area contributed by atoms with Crippen molar-refractivity contribution in [3.05, 3.63) is 41.0 Å². The Morgan fingerprint density at radius 2 is 1.82 bits per heavy atom. The zero-order valence-corrected chi connectivity index (χ0v) is 14.1. The van der Waals surface area contributed by atoms with Gasteiger partial charge in [0.2, 0.25) is 5.95 Å². The minimum Gasteiger partial charge on any atom is -0.344 e. The number of hydrogen-bond donors (Lipinski definition) is 1. The highest BCUT2D eigenvalue weighted by atomic mass is 15.3. The van der Waals surface area contributed by atoms with Gasteiger partial charge in [0.25, 0.3) is 0 Å². The van der Waals surface area contributed by atoms with E-state index in [9.17, 15) is 0 Å². The minimum absolute atomic E-state index is 0.0696. The lowest BCUT2D eigenvalue weighted by molar-refractivity contribution is 0.527. The summed E-state index contributed by atoms with van der Waals surface area (Å²) in [5.41, 5.74) is 4.20. The molecule has 1 unspecified atom stereocenters. The Balaban J connectivity index is 2.31. The number of nitrogens with zero attached hydrogens (tertiary/aromatic N) is 4. The molecule has 22 heavy (non-hydrogen) atoms. The van der Waals surface area contributed by atoms with Crippen molar-refractivity contribution in [2.24, 2.45) is 5.92 Å². The number of pyridine rings is 1. The molecule has 0 amide bonds. The van der Waals surface area contributed by atoms with Gasteiger partial charge in [-0.05, 0) is 37.3 Å². The molecular weight excluding hydrogens is 274 g/mol. The van der Waals surface area contributed by atoms with Crippen LogP contribution in [0.15, 0.2) is 18.3 Å². The number of aryl methyl sites for hydroxylation is 3. The molecule has 0 spiro atoms. The van der Waals surface area contributed by atoms with Gasteiger partial charge in [-0.25, -0.2) is 4.98 Å². The molecule has 5 nitrogen and oxygen atoms in total. The highest BCUT2D eigenvalue weighted by molar-refractivity contribution is 5.33. The lowest BCUT2D eigenvalue weighted by Gasteiger charge is -2.23. The van der Waals surface area contributed by atoms with Crippen LogP contribution < -0.4 is 5.32 Å². The topological polar surface area (TPSA) is 63.6 Å². The summed E-state index contributed by atoms with van der Waals surface area (Å²) in [4.78, 5) is 9.16.